The number of rotatable bonds is 4. The van der Waals surface area contributed by atoms with Gasteiger partial charge >= 0.3 is 0 Å². The molecule has 1 heterocycles. The number of anilines is 2. The number of carbonyl (C=O) groups excluding carboxylic acids is 1. The molecule has 5 nitrogen and oxygen atoms in total. The van der Waals surface area contributed by atoms with E-state index in [4.69, 9.17) is 0 Å². The predicted octanol–water partition coefficient (Wildman–Crippen LogP) is 3.46. The highest BCUT2D eigenvalue weighted by Crippen LogP contribution is 2.24. The number of hydrogen-bond acceptors (Lipinski definition) is 5. The number of benzene rings is 1. The molecular formula is C15H17N3O2S. The topological polar surface area (TPSA) is 74.2 Å². The van der Waals surface area contributed by atoms with Crippen molar-refractivity contribution in [2.24, 2.45) is 0 Å². The van der Waals surface area contributed by atoms with Crippen LogP contribution in [-0.2, 0) is 0 Å². The molecule has 0 radical (unpaired) electrons. The highest BCUT2D eigenvalue weighted by atomic mass is 32.1. The lowest BCUT2D eigenvalue weighted by Gasteiger charge is -2.09. The fourth-order valence-corrected chi connectivity index (χ4v) is 3.20. The molecular weight excluding hydrogens is 286 g/mol. The van der Waals surface area contributed by atoms with Crippen molar-refractivity contribution in [3.05, 3.63) is 35.3 Å². The van der Waals surface area contributed by atoms with Crippen LogP contribution >= 0.6 is 11.3 Å². The van der Waals surface area contributed by atoms with Crippen molar-refractivity contribution >= 4 is 28.1 Å². The fourth-order valence-electron chi connectivity index (χ4n) is 2.43. The molecule has 1 saturated carbocycles. The minimum absolute atomic E-state index is 0.171. The van der Waals surface area contributed by atoms with Crippen LogP contribution in [0.15, 0.2) is 29.6 Å². The lowest BCUT2D eigenvalue weighted by atomic mass is 10.3. The fraction of sp³-hybridized carbons (Fsp3) is 0.333. The Balaban J connectivity index is 1.62. The molecule has 0 unspecified atom stereocenters. The Kier molecular flexibility index (Phi) is 4.06. The van der Waals surface area contributed by atoms with E-state index in [0.29, 0.717) is 17.4 Å². The maximum absolute atomic E-state index is 12.1. The summed E-state index contributed by atoms with van der Waals surface area (Å²) in [7, 11) is 0. The van der Waals surface area contributed by atoms with Crippen LogP contribution in [0.25, 0.3) is 0 Å². The van der Waals surface area contributed by atoms with Crippen LogP contribution in [-0.4, -0.2) is 22.0 Å². The van der Waals surface area contributed by atoms with Crippen LogP contribution in [0.5, 0.6) is 5.75 Å². The summed E-state index contributed by atoms with van der Waals surface area (Å²) in [5.41, 5.74) is 1.05. The number of aromatic nitrogens is 1. The first-order valence-corrected chi connectivity index (χ1v) is 7.91. The number of phenols is 1. The van der Waals surface area contributed by atoms with Gasteiger partial charge in [-0.3, -0.25) is 4.79 Å². The molecule has 0 bridgehead atoms. The second kappa shape index (κ2) is 6.13. The molecule has 2 aromatic rings. The molecule has 0 spiro atoms. The van der Waals surface area contributed by atoms with Crippen LogP contribution in [0.2, 0.25) is 0 Å². The van der Waals surface area contributed by atoms with E-state index in [1.54, 1.807) is 17.5 Å². The van der Waals surface area contributed by atoms with Crippen molar-refractivity contribution in [3.8, 4) is 5.75 Å². The monoisotopic (exact) mass is 303 g/mol. The number of amides is 1. The van der Waals surface area contributed by atoms with Crippen LogP contribution in [0.4, 0.5) is 10.8 Å². The third-order valence-electron chi connectivity index (χ3n) is 3.54. The summed E-state index contributed by atoms with van der Waals surface area (Å²) in [6.45, 7) is 0. The number of aromatic hydroxyl groups is 1. The van der Waals surface area contributed by atoms with Crippen LogP contribution in [0.1, 0.15) is 36.2 Å². The van der Waals surface area contributed by atoms with Gasteiger partial charge in [0.05, 0.1) is 0 Å². The van der Waals surface area contributed by atoms with Gasteiger partial charge < -0.3 is 15.7 Å². The lowest BCUT2D eigenvalue weighted by molar-refractivity contribution is 0.102. The maximum atomic E-state index is 12.1. The highest BCUT2D eigenvalue weighted by molar-refractivity contribution is 7.13. The number of phenolic OH excluding ortho intramolecular Hbond substituents is 1. The van der Waals surface area contributed by atoms with Gasteiger partial charge in [0.2, 0.25) is 0 Å². The van der Waals surface area contributed by atoms with Crippen molar-refractivity contribution in [2.45, 2.75) is 31.7 Å². The van der Waals surface area contributed by atoms with Gasteiger partial charge in [-0.25, -0.2) is 4.98 Å². The summed E-state index contributed by atoms with van der Waals surface area (Å²) in [5.74, 6) is -0.0684. The smallest absolute Gasteiger partial charge is 0.275 e. The second-order valence-electron chi connectivity index (χ2n) is 5.16. The Bertz CT molecular complexity index is 618. The predicted molar refractivity (Wildman–Crippen MR) is 84.1 cm³/mol. The highest BCUT2D eigenvalue weighted by Gasteiger charge is 2.17. The average molecular weight is 303 g/mol. The number of nitrogens with one attached hydrogen (secondary N) is 2. The first-order valence-electron chi connectivity index (χ1n) is 7.03. The molecule has 6 heteroatoms. The first kappa shape index (κ1) is 13.9. The van der Waals surface area contributed by atoms with Crippen molar-refractivity contribution < 1.29 is 9.90 Å². The normalized spacial score (nSPS) is 15.0. The third kappa shape index (κ3) is 3.52. The molecule has 21 heavy (non-hydrogen) atoms. The number of nitrogens with zero attached hydrogens (tertiary/aromatic N) is 1. The Hall–Kier alpha value is -2.08. The summed E-state index contributed by atoms with van der Waals surface area (Å²) in [5, 5.41) is 17.9. The van der Waals surface area contributed by atoms with Crippen LogP contribution in [0, 0.1) is 0 Å². The van der Waals surface area contributed by atoms with Crippen LogP contribution < -0.4 is 10.6 Å². The van der Waals surface area contributed by atoms with Crippen molar-refractivity contribution in [2.75, 3.05) is 10.6 Å². The van der Waals surface area contributed by atoms with E-state index in [-0.39, 0.29) is 11.7 Å². The van der Waals surface area contributed by atoms with E-state index < -0.39 is 0 Å². The summed E-state index contributed by atoms with van der Waals surface area (Å²) < 4.78 is 0. The van der Waals surface area contributed by atoms with Crippen LogP contribution in [0.3, 0.4) is 0 Å². The minimum Gasteiger partial charge on any atom is -0.508 e. The minimum atomic E-state index is -0.239. The van der Waals surface area contributed by atoms with Crippen molar-refractivity contribution in [1.82, 2.24) is 4.98 Å². The Morgan fingerprint density at radius 3 is 2.67 bits per heavy atom. The van der Waals surface area contributed by atoms with Gasteiger partial charge in [0.1, 0.15) is 11.4 Å². The number of hydrogen-bond donors (Lipinski definition) is 3. The number of carbonyl (C=O) groups is 1. The van der Waals surface area contributed by atoms with Gasteiger partial charge in [0.25, 0.3) is 5.91 Å². The molecule has 1 aromatic heterocycles. The summed E-state index contributed by atoms with van der Waals surface area (Å²) in [6.07, 6.45) is 4.87. The molecule has 1 aromatic carbocycles. The quantitative estimate of drug-likeness (QED) is 0.756. The zero-order valence-electron chi connectivity index (χ0n) is 11.5. The van der Waals surface area contributed by atoms with Gasteiger partial charge in [-0.1, -0.05) is 12.8 Å². The molecule has 1 fully saturated rings. The van der Waals surface area contributed by atoms with Crippen molar-refractivity contribution in [3.63, 3.8) is 0 Å². The molecule has 3 rings (SSSR count). The Labute approximate surface area is 127 Å². The molecule has 1 aliphatic carbocycles. The molecule has 1 amide bonds. The molecule has 3 N–H and O–H groups in total. The molecule has 110 valence electrons. The molecule has 1 aliphatic rings. The van der Waals surface area contributed by atoms with E-state index in [2.05, 4.69) is 15.6 Å². The molecule has 0 saturated heterocycles. The first-order chi connectivity index (χ1) is 10.2. The standard InChI is InChI=1S/C15H17N3O2S/c19-12-7-5-11(6-8-12)16-14(20)13-9-21-15(18-13)17-10-3-1-2-4-10/h5-10,19H,1-4H2,(H,16,20)(H,17,18). The number of thiazole rings is 1. The summed E-state index contributed by atoms with van der Waals surface area (Å²) in [4.78, 5) is 16.4. The van der Waals surface area contributed by atoms with E-state index in [9.17, 15) is 9.90 Å². The van der Waals surface area contributed by atoms with Crippen molar-refractivity contribution in [1.29, 1.82) is 0 Å². The second-order valence-corrected chi connectivity index (χ2v) is 6.02. The van der Waals surface area contributed by atoms with E-state index in [0.717, 1.165) is 5.13 Å². The van der Waals surface area contributed by atoms with E-state index >= 15 is 0 Å². The largest absolute Gasteiger partial charge is 0.508 e. The third-order valence-corrected chi connectivity index (χ3v) is 4.32. The van der Waals surface area contributed by atoms with Gasteiger partial charge in [-0.05, 0) is 37.1 Å². The molecule has 0 atom stereocenters. The Morgan fingerprint density at radius 2 is 1.95 bits per heavy atom. The van der Waals surface area contributed by atoms with Gasteiger partial charge in [-0.15, -0.1) is 11.3 Å². The van der Waals surface area contributed by atoms with Gasteiger partial charge in [0, 0.05) is 17.1 Å². The summed E-state index contributed by atoms with van der Waals surface area (Å²) >= 11 is 1.45. The van der Waals surface area contributed by atoms with E-state index in [1.807, 2.05) is 0 Å². The lowest BCUT2D eigenvalue weighted by Crippen LogP contribution is -2.15. The summed E-state index contributed by atoms with van der Waals surface area (Å²) in [6, 6.07) is 6.85. The zero-order chi connectivity index (χ0) is 14.7. The zero-order valence-corrected chi connectivity index (χ0v) is 12.3. The van der Waals surface area contributed by atoms with E-state index in [1.165, 1.54) is 49.2 Å². The van der Waals surface area contributed by atoms with Gasteiger partial charge in [0.15, 0.2) is 5.13 Å². The van der Waals surface area contributed by atoms with Gasteiger partial charge in [-0.2, -0.15) is 0 Å². The average Bonchev–Trinajstić information content (AvgIpc) is 3.13. The maximum Gasteiger partial charge on any atom is 0.275 e. The Morgan fingerprint density at radius 1 is 1.24 bits per heavy atom. The SMILES string of the molecule is O=C(Nc1ccc(O)cc1)c1csc(NC2CCCC2)n1. The molecule has 0 aliphatic heterocycles.